The van der Waals surface area contributed by atoms with E-state index >= 15 is 0 Å². The highest BCUT2D eigenvalue weighted by Crippen LogP contribution is 2.40. The molecule has 2 aliphatic rings. The van der Waals surface area contributed by atoms with Crippen molar-refractivity contribution in [2.45, 2.75) is 57.5 Å². The van der Waals surface area contributed by atoms with Crippen LogP contribution >= 0.6 is 0 Å². The summed E-state index contributed by atoms with van der Waals surface area (Å²) < 4.78 is 16.3. The van der Waals surface area contributed by atoms with Gasteiger partial charge in [0.25, 0.3) is 0 Å². The van der Waals surface area contributed by atoms with Crippen LogP contribution in [0.1, 0.15) is 50.5 Å². The molecule has 0 unspecified atom stereocenters. The molecular formula is C20H32NO3+. The summed E-state index contributed by atoms with van der Waals surface area (Å²) in [5.74, 6) is 4.16. The predicted molar refractivity (Wildman–Crippen MR) is 94.8 cm³/mol. The van der Waals surface area contributed by atoms with Crippen molar-refractivity contribution in [2.24, 2.45) is 11.8 Å². The molecule has 0 bridgehead atoms. The summed E-state index contributed by atoms with van der Waals surface area (Å²) in [5.41, 5.74) is 1.23. The summed E-state index contributed by atoms with van der Waals surface area (Å²) in [6.45, 7) is 0.971. The number of methoxy groups -OCH3 is 3. The minimum atomic E-state index is 0.673. The zero-order valence-corrected chi connectivity index (χ0v) is 15.3. The first-order valence-corrected chi connectivity index (χ1v) is 9.37. The van der Waals surface area contributed by atoms with E-state index in [4.69, 9.17) is 14.2 Å². The van der Waals surface area contributed by atoms with Gasteiger partial charge >= 0.3 is 0 Å². The molecule has 0 amide bonds. The standard InChI is InChI=1S/C20H31NO3/c1-22-18-10-14(11-19(23-2)20(18)24-3)13-21-17-9-8-15-6-4-5-7-16(15)12-17/h10-11,15-17,21H,4-9,12-13H2,1-3H3/p+1/t15-,16-,17-/m1/s1. The van der Waals surface area contributed by atoms with Crippen LogP contribution in [0.2, 0.25) is 0 Å². The second-order valence-corrected chi connectivity index (χ2v) is 7.35. The largest absolute Gasteiger partial charge is 0.493 e. The van der Waals surface area contributed by atoms with Crippen molar-refractivity contribution >= 4 is 0 Å². The lowest BCUT2D eigenvalue weighted by Gasteiger charge is -2.38. The first-order chi connectivity index (χ1) is 11.7. The zero-order chi connectivity index (χ0) is 16.9. The normalized spacial score (nSPS) is 26.5. The van der Waals surface area contributed by atoms with Crippen LogP contribution in [0.25, 0.3) is 0 Å². The Balaban J connectivity index is 1.62. The highest BCUT2D eigenvalue weighted by Gasteiger charge is 2.33. The van der Waals surface area contributed by atoms with Crippen LogP contribution in [0, 0.1) is 11.8 Å². The molecule has 2 aliphatic carbocycles. The molecule has 3 rings (SSSR count). The van der Waals surface area contributed by atoms with Crippen molar-refractivity contribution in [2.75, 3.05) is 21.3 Å². The van der Waals surface area contributed by atoms with E-state index < -0.39 is 0 Å². The third-order valence-corrected chi connectivity index (χ3v) is 5.99. The van der Waals surface area contributed by atoms with Gasteiger partial charge in [-0.05, 0) is 43.2 Å². The van der Waals surface area contributed by atoms with E-state index in [0.717, 1.165) is 35.9 Å². The fourth-order valence-corrected chi connectivity index (χ4v) is 4.68. The van der Waals surface area contributed by atoms with Gasteiger partial charge in [-0.15, -0.1) is 0 Å². The van der Waals surface area contributed by atoms with Gasteiger partial charge < -0.3 is 19.5 Å². The Morgan fingerprint density at radius 3 is 2.17 bits per heavy atom. The second kappa shape index (κ2) is 8.11. The van der Waals surface area contributed by atoms with E-state index in [0.29, 0.717) is 5.75 Å². The maximum Gasteiger partial charge on any atom is 0.203 e. The quantitative estimate of drug-likeness (QED) is 0.869. The van der Waals surface area contributed by atoms with Crippen molar-refractivity contribution in [1.29, 1.82) is 0 Å². The average Bonchev–Trinajstić information content (AvgIpc) is 2.65. The van der Waals surface area contributed by atoms with E-state index in [1.54, 1.807) is 21.3 Å². The van der Waals surface area contributed by atoms with E-state index in [2.05, 4.69) is 17.4 Å². The number of ether oxygens (including phenoxy) is 3. The van der Waals surface area contributed by atoms with Crippen LogP contribution in [0.3, 0.4) is 0 Å². The van der Waals surface area contributed by atoms with Gasteiger partial charge in [-0.1, -0.05) is 19.3 Å². The Morgan fingerprint density at radius 2 is 1.54 bits per heavy atom. The first kappa shape index (κ1) is 17.4. The molecule has 0 aromatic heterocycles. The minimum Gasteiger partial charge on any atom is -0.493 e. The lowest BCUT2D eigenvalue weighted by atomic mass is 9.69. The van der Waals surface area contributed by atoms with Crippen molar-refractivity contribution in [1.82, 2.24) is 0 Å². The molecule has 0 spiro atoms. The minimum absolute atomic E-state index is 0.673. The van der Waals surface area contributed by atoms with Crippen LogP contribution in [0.5, 0.6) is 17.2 Å². The van der Waals surface area contributed by atoms with Crippen LogP contribution in [0.15, 0.2) is 12.1 Å². The summed E-state index contributed by atoms with van der Waals surface area (Å²) in [6, 6.07) is 4.91. The predicted octanol–water partition coefficient (Wildman–Crippen LogP) is 3.13. The molecule has 1 aromatic rings. The molecule has 3 atom stereocenters. The average molecular weight is 334 g/mol. The molecule has 2 fully saturated rings. The highest BCUT2D eigenvalue weighted by molar-refractivity contribution is 5.53. The Bertz CT molecular complexity index is 521. The van der Waals surface area contributed by atoms with Crippen molar-refractivity contribution in [3.05, 3.63) is 17.7 Å². The Morgan fingerprint density at radius 1 is 0.875 bits per heavy atom. The lowest BCUT2D eigenvalue weighted by Crippen LogP contribution is -2.89. The molecule has 2 N–H and O–H groups in total. The van der Waals surface area contributed by atoms with Gasteiger partial charge in [0, 0.05) is 12.0 Å². The van der Waals surface area contributed by atoms with Gasteiger partial charge in [-0.3, -0.25) is 0 Å². The van der Waals surface area contributed by atoms with Crippen molar-refractivity contribution in [3.8, 4) is 17.2 Å². The fraction of sp³-hybridized carbons (Fsp3) is 0.700. The SMILES string of the molecule is COc1cc(C[NH2+][C@@H]2CC[C@H]3CCCC[C@@H]3C2)cc(OC)c1OC. The number of hydrogen-bond acceptors (Lipinski definition) is 3. The summed E-state index contributed by atoms with van der Waals surface area (Å²) in [6.07, 6.45) is 10.0. The Kier molecular flexibility index (Phi) is 5.88. The molecule has 1 aromatic carbocycles. The van der Waals surface area contributed by atoms with Crippen LogP contribution in [0.4, 0.5) is 0 Å². The maximum atomic E-state index is 5.46. The molecule has 4 heteroatoms. The smallest absolute Gasteiger partial charge is 0.203 e. The third-order valence-electron chi connectivity index (χ3n) is 5.99. The van der Waals surface area contributed by atoms with Gasteiger partial charge in [-0.25, -0.2) is 0 Å². The Labute approximate surface area is 145 Å². The zero-order valence-electron chi connectivity index (χ0n) is 15.3. The molecule has 134 valence electrons. The van der Waals surface area contributed by atoms with Crippen molar-refractivity contribution in [3.63, 3.8) is 0 Å². The van der Waals surface area contributed by atoms with Gasteiger partial charge in [-0.2, -0.15) is 0 Å². The molecule has 24 heavy (non-hydrogen) atoms. The van der Waals surface area contributed by atoms with Gasteiger partial charge in [0.1, 0.15) is 6.54 Å². The second-order valence-electron chi connectivity index (χ2n) is 7.35. The van der Waals surface area contributed by atoms with Crippen LogP contribution in [-0.2, 0) is 6.54 Å². The van der Waals surface area contributed by atoms with E-state index in [1.807, 2.05) is 0 Å². The summed E-state index contributed by atoms with van der Waals surface area (Å²) in [7, 11) is 5.00. The molecule has 0 heterocycles. The molecule has 0 aliphatic heterocycles. The third kappa shape index (κ3) is 3.80. The Hall–Kier alpha value is -1.42. The molecule has 0 radical (unpaired) electrons. The summed E-state index contributed by atoms with van der Waals surface area (Å²) in [4.78, 5) is 0. The number of benzene rings is 1. The van der Waals surface area contributed by atoms with E-state index in [9.17, 15) is 0 Å². The number of fused-ring (bicyclic) bond motifs is 1. The van der Waals surface area contributed by atoms with Gasteiger partial charge in [0.2, 0.25) is 5.75 Å². The topological polar surface area (TPSA) is 44.3 Å². The molecule has 2 saturated carbocycles. The highest BCUT2D eigenvalue weighted by atomic mass is 16.5. The maximum absolute atomic E-state index is 5.46. The van der Waals surface area contributed by atoms with Crippen LogP contribution < -0.4 is 19.5 Å². The van der Waals surface area contributed by atoms with Crippen molar-refractivity contribution < 1.29 is 19.5 Å². The van der Waals surface area contributed by atoms with Gasteiger partial charge in [0.05, 0.1) is 27.4 Å². The van der Waals surface area contributed by atoms with Gasteiger partial charge in [0.15, 0.2) is 11.5 Å². The summed E-state index contributed by atoms with van der Waals surface area (Å²) >= 11 is 0. The number of hydrogen-bond donors (Lipinski definition) is 1. The van der Waals surface area contributed by atoms with E-state index in [1.165, 1.54) is 50.5 Å². The molecule has 4 nitrogen and oxygen atoms in total. The number of nitrogens with two attached hydrogens (primary N) is 1. The van der Waals surface area contributed by atoms with E-state index in [-0.39, 0.29) is 0 Å². The number of rotatable bonds is 6. The van der Waals surface area contributed by atoms with Crippen LogP contribution in [-0.4, -0.2) is 27.4 Å². The summed E-state index contributed by atoms with van der Waals surface area (Å²) in [5, 5.41) is 2.52. The number of quaternary nitrogens is 1. The molecule has 0 saturated heterocycles. The monoisotopic (exact) mass is 334 g/mol. The first-order valence-electron chi connectivity index (χ1n) is 9.37. The molecular weight excluding hydrogens is 302 g/mol. The lowest BCUT2D eigenvalue weighted by molar-refractivity contribution is -0.708. The fourth-order valence-electron chi connectivity index (χ4n) is 4.68.